The van der Waals surface area contributed by atoms with Crippen LogP contribution in [0.4, 0.5) is 18.9 Å². The summed E-state index contributed by atoms with van der Waals surface area (Å²) in [6.45, 7) is 1.66. The first-order valence-corrected chi connectivity index (χ1v) is 11.3. The molecule has 3 rings (SSSR count). The summed E-state index contributed by atoms with van der Waals surface area (Å²) in [6.07, 6.45) is -5.23. The number of nitrogens with zero attached hydrogens (tertiary/aromatic N) is 7. The Balaban J connectivity index is 1.89. The number of carboxylic acids is 1. The summed E-state index contributed by atoms with van der Waals surface area (Å²) in [6, 6.07) is 2.64. The Hall–Kier alpha value is -5.06. The Morgan fingerprint density at radius 1 is 1.30 bits per heavy atom. The Kier molecular flexibility index (Phi) is 8.09. The van der Waals surface area contributed by atoms with Gasteiger partial charge >= 0.3 is 17.9 Å². The molecule has 19 heteroatoms. The van der Waals surface area contributed by atoms with Gasteiger partial charge in [0, 0.05) is 18.2 Å². The third kappa shape index (κ3) is 5.83. The van der Waals surface area contributed by atoms with Crippen molar-refractivity contribution in [2.24, 2.45) is 11.3 Å². The number of non-ortho nitro benzene ring substituents is 1. The zero-order chi connectivity index (χ0) is 30.0. The van der Waals surface area contributed by atoms with Gasteiger partial charge in [0.05, 0.1) is 22.3 Å². The summed E-state index contributed by atoms with van der Waals surface area (Å²) in [5.41, 5.74) is 6.16. The highest BCUT2D eigenvalue weighted by atomic mass is 19.4. The van der Waals surface area contributed by atoms with E-state index in [9.17, 15) is 53.1 Å². The van der Waals surface area contributed by atoms with Gasteiger partial charge in [-0.1, -0.05) is 12.1 Å². The van der Waals surface area contributed by atoms with Crippen LogP contribution >= 0.6 is 0 Å². The van der Waals surface area contributed by atoms with Crippen LogP contribution < -0.4 is 10.6 Å². The Morgan fingerprint density at radius 2 is 1.93 bits per heavy atom. The number of halogens is 3. The molecule has 16 nitrogen and oxygen atoms in total. The van der Waals surface area contributed by atoms with E-state index in [-0.39, 0.29) is 16.8 Å². The lowest BCUT2D eigenvalue weighted by molar-refractivity contribution is -0.384. The van der Waals surface area contributed by atoms with E-state index in [2.05, 4.69) is 30.9 Å². The average Bonchev–Trinajstić information content (AvgIpc) is 3.31. The molecule has 1 fully saturated rings. The van der Waals surface area contributed by atoms with Crippen molar-refractivity contribution >= 4 is 35.0 Å². The van der Waals surface area contributed by atoms with Crippen LogP contribution in [-0.4, -0.2) is 76.4 Å². The number of nitro groups is 1. The highest BCUT2D eigenvalue weighted by Gasteiger charge is 2.59. The maximum atomic E-state index is 13.3. The lowest BCUT2D eigenvalue weighted by Gasteiger charge is -2.48. The zero-order valence-corrected chi connectivity index (χ0v) is 20.6. The van der Waals surface area contributed by atoms with Gasteiger partial charge in [0.15, 0.2) is 0 Å². The molecule has 0 saturated carbocycles. The summed E-state index contributed by atoms with van der Waals surface area (Å²) in [7, 11) is 0. The number of ketones is 1. The number of nitrogens with one attached hydrogen (secondary N) is 2. The number of carbonyl (C=O) groups excluding carboxylic acids is 3. The van der Waals surface area contributed by atoms with Crippen LogP contribution in [0.5, 0.6) is 0 Å². The van der Waals surface area contributed by atoms with Crippen molar-refractivity contribution in [1.29, 1.82) is 0 Å². The second-order valence-electron chi connectivity index (χ2n) is 9.13. The number of rotatable bonds is 11. The normalized spacial score (nSPS) is 18.8. The van der Waals surface area contributed by atoms with Crippen molar-refractivity contribution in [3.8, 4) is 0 Å². The maximum absolute atomic E-state index is 13.3. The Bertz CT molecular complexity index is 1420. The molecule has 1 aliphatic heterocycles. The molecule has 3 N–H and O–H groups in total. The van der Waals surface area contributed by atoms with Crippen LogP contribution in [0.15, 0.2) is 24.3 Å². The Morgan fingerprint density at radius 3 is 2.42 bits per heavy atom. The maximum Gasteiger partial charge on any atom is 0.453 e. The molecule has 1 saturated heterocycles. The summed E-state index contributed by atoms with van der Waals surface area (Å²) < 4.78 is 39.2. The van der Waals surface area contributed by atoms with Gasteiger partial charge in [-0.2, -0.15) is 18.0 Å². The minimum atomic E-state index is -4.94. The van der Waals surface area contributed by atoms with Gasteiger partial charge in [-0.05, 0) is 36.3 Å². The predicted molar refractivity (Wildman–Crippen MR) is 122 cm³/mol. The number of hydrogen-bond donors (Lipinski definition) is 3. The first kappa shape index (κ1) is 29.5. The molecule has 40 heavy (non-hydrogen) atoms. The summed E-state index contributed by atoms with van der Waals surface area (Å²) in [5, 5.41) is 34.0. The van der Waals surface area contributed by atoms with E-state index in [4.69, 9.17) is 0 Å². The van der Waals surface area contributed by atoms with E-state index < -0.39 is 76.2 Å². The fraction of sp³-hybridized carbons (Fsp3) is 0.429. The van der Waals surface area contributed by atoms with Crippen molar-refractivity contribution in [2.45, 2.75) is 45.1 Å². The summed E-state index contributed by atoms with van der Waals surface area (Å²) in [4.78, 5) is 62.8. The van der Waals surface area contributed by atoms with Gasteiger partial charge in [0.2, 0.25) is 11.8 Å². The van der Waals surface area contributed by atoms with E-state index in [1.54, 1.807) is 0 Å². The fourth-order valence-corrected chi connectivity index (χ4v) is 4.45. The lowest BCUT2D eigenvalue weighted by Crippen LogP contribution is -2.72. The molecule has 0 radical (unpaired) electrons. The van der Waals surface area contributed by atoms with Crippen LogP contribution in [0.25, 0.3) is 5.53 Å². The first-order valence-electron chi connectivity index (χ1n) is 11.3. The number of aliphatic carboxylic acids is 1. The van der Waals surface area contributed by atoms with Crippen molar-refractivity contribution in [3.05, 3.63) is 51.3 Å². The molecule has 4 atom stereocenters. The van der Waals surface area contributed by atoms with Gasteiger partial charge in [0.1, 0.15) is 6.54 Å². The van der Waals surface area contributed by atoms with Crippen LogP contribution in [0.1, 0.15) is 25.2 Å². The van der Waals surface area contributed by atoms with Crippen molar-refractivity contribution in [1.82, 2.24) is 30.8 Å². The molecule has 1 aromatic heterocycles. The number of Topliss-reactive ketones (excluding diaryl/α,β-unsaturated/α-hetero) is 1. The predicted octanol–water partition coefficient (Wildman–Crippen LogP) is -0.207. The largest absolute Gasteiger partial charge is 0.472 e. The van der Waals surface area contributed by atoms with Crippen LogP contribution in [0, 0.1) is 21.4 Å². The van der Waals surface area contributed by atoms with Crippen molar-refractivity contribution < 1.29 is 47.2 Å². The number of aromatic nitrogens is 4. The molecule has 0 unspecified atom stereocenters. The second-order valence-corrected chi connectivity index (χ2v) is 9.13. The molecule has 212 valence electrons. The van der Waals surface area contributed by atoms with Crippen molar-refractivity contribution in [3.63, 3.8) is 0 Å². The number of tetrazole rings is 1. The van der Waals surface area contributed by atoms with Gasteiger partial charge in [-0.15, -0.1) is 5.10 Å². The monoisotopic (exact) mass is 567 g/mol. The number of hydrogen-bond acceptors (Lipinski definition) is 9. The number of carboxylic acid groups (broad SMARTS) is 1. The molecule has 2 heterocycles. The molecular weight excluding hydrogens is 547 g/mol. The van der Waals surface area contributed by atoms with Gasteiger partial charge in [-0.25, -0.2) is 9.48 Å². The van der Waals surface area contributed by atoms with E-state index in [0.29, 0.717) is 5.56 Å². The van der Waals surface area contributed by atoms with Gasteiger partial charge in [0.25, 0.3) is 17.3 Å². The third-order valence-electron chi connectivity index (χ3n) is 6.41. The van der Waals surface area contributed by atoms with Crippen LogP contribution in [-0.2, 0) is 38.3 Å². The van der Waals surface area contributed by atoms with Crippen LogP contribution in [0.2, 0.25) is 0 Å². The summed E-state index contributed by atoms with van der Waals surface area (Å²) in [5.74, 6) is -7.46. The lowest BCUT2D eigenvalue weighted by atomic mass is 9.63. The minimum Gasteiger partial charge on any atom is -0.472 e. The first-order chi connectivity index (χ1) is 18.6. The van der Waals surface area contributed by atoms with E-state index in [1.807, 2.05) is 0 Å². The molecule has 0 bridgehead atoms. The highest BCUT2D eigenvalue weighted by Crippen LogP contribution is 2.39. The zero-order valence-electron chi connectivity index (χ0n) is 20.6. The minimum absolute atomic E-state index is 0.208. The quantitative estimate of drug-likeness (QED) is 0.0614. The highest BCUT2D eigenvalue weighted by molar-refractivity contribution is 6.63. The number of nitro benzene ring substituents is 1. The smallest absolute Gasteiger partial charge is 0.453 e. The number of amides is 2. The number of carbonyl (C=O) groups is 4. The molecule has 1 aromatic carbocycles. The molecule has 2 amide bonds. The molecule has 0 spiro atoms. The van der Waals surface area contributed by atoms with E-state index in [1.165, 1.54) is 26.0 Å². The SMILES string of the molecule is C[C@@H](NC(=O)Cn1nnnc1C(F)(F)F)[C@H]1C(=O)N[C@H]1[C@@](C)(Cc1ccc([N+](=O)[O-])cc1)C(=O)C(=[N+]=[N-])C(=O)O. The Labute approximate surface area is 221 Å². The second kappa shape index (κ2) is 11.0. The van der Waals surface area contributed by atoms with Crippen molar-refractivity contribution in [2.75, 3.05) is 0 Å². The molecular formula is C21H20F3N9O7. The molecule has 1 aliphatic rings. The van der Waals surface area contributed by atoms with Gasteiger partial charge in [-0.3, -0.25) is 24.5 Å². The standard InChI is InChI=1S/C21H20F3N9O7/c1-9(26-12(34)8-32-19(21(22,23)24)29-30-31-32)13-15(27-17(13)36)20(2,16(35)14(28-25)18(37)38)7-10-3-5-11(6-4-10)33(39)40/h3-6,9,13,15H,7-8H2,1-2H3,(H,26,34)(H,27,36)(H,37,38)/t9-,13-,15-,20-/m1/s1. The topological polar surface area (TPSA) is 236 Å². The molecule has 2 aromatic rings. The number of alkyl halides is 3. The number of β-lactam (4-membered cyclic amide) rings is 1. The van der Waals surface area contributed by atoms with E-state index >= 15 is 0 Å². The molecule has 0 aliphatic carbocycles. The number of benzene rings is 1. The van der Waals surface area contributed by atoms with Gasteiger partial charge < -0.3 is 21.3 Å². The summed E-state index contributed by atoms with van der Waals surface area (Å²) >= 11 is 0. The van der Waals surface area contributed by atoms with Crippen LogP contribution in [0.3, 0.4) is 0 Å². The fourth-order valence-electron chi connectivity index (χ4n) is 4.45. The average molecular weight is 567 g/mol. The third-order valence-corrected chi connectivity index (χ3v) is 6.41. The van der Waals surface area contributed by atoms with E-state index in [0.717, 1.165) is 12.1 Å².